The molecule has 118 valence electrons. The summed E-state index contributed by atoms with van der Waals surface area (Å²) in [5.74, 6) is 0.103. The molecule has 21 heavy (non-hydrogen) atoms. The molecule has 0 unspecified atom stereocenters. The fourth-order valence-corrected chi connectivity index (χ4v) is 3.68. The van der Waals surface area contributed by atoms with Crippen LogP contribution in [-0.2, 0) is 16.2 Å². The molecular formula is C13H17F3N2O2S. The van der Waals surface area contributed by atoms with Gasteiger partial charge in [0.25, 0.3) is 0 Å². The summed E-state index contributed by atoms with van der Waals surface area (Å²) in [5, 5.41) is 3.13. The summed E-state index contributed by atoms with van der Waals surface area (Å²) in [6, 6.07) is 4.21. The minimum absolute atomic E-state index is 0.103. The predicted molar refractivity (Wildman–Crippen MR) is 72.2 cm³/mol. The van der Waals surface area contributed by atoms with E-state index >= 15 is 0 Å². The Morgan fingerprint density at radius 3 is 2.62 bits per heavy atom. The van der Waals surface area contributed by atoms with E-state index < -0.39 is 26.7 Å². The summed E-state index contributed by atoms with van der Waals surface area (Å²) in [5.41, 5.74) is -1.14. The van der Waals surface area contributed by atoms with E-state index in [2.05, 4.69) is 10.0 Å². The molecule has 1 heterocycles. The SMILES string of the molecule is O=S(=O)(NC[C@@H]1CCCNC1)c1ccccc1C(F)(F)F. The number of halogens is 3. The Kier molecular flexibility index (Phi) is 4.90. The van der Waals surface area contributed by atoms with Crippen LogP contribution in [0.5, 0.6) is 0 Å². The zero-order chi connectivity index (χ0) is 15.5. The lowest BCUT2D eigenvalue weighted by atomic mass is 10.0. The highest BCUT2D eigenvalue weighted by Crippen LogP contribution is 2.33. The average molecular weight is 322 g/mol. The van der Waals surface area contributed by atoms with Crippen molar-refractivity contribution >= 4 is 10.0 Å². The van der Waals surface area contributed by atoms with E-state index in [-0.39, 0.29) is 12.5 Å². The molecule has 0 radical (unpaired) electrons. The maximum atomic E-state index is 12.9. The number of alkyl halides is 3. The first-order valence-corrected chi connectivity index (χ1v) is 8.15. The number of rotatable bonds is 4. The minimum atomic E-state index is -4.70. The van der Waals surface area contributed by atoms with Crippen LogP contribution in [0, 0.1) is 5.92 Å². The molecule has 4 nitrogen and oxygen atoms in total. The molecule has 8 heteroatoms. The molecule has 2 N–H and O–H groups in total. The lowest BCUT2D eigenvalue weighted by Gasteiger charge is -2.23. The highest BCUT2D eigenvalue weighted by molar-refractivity contribution is 7.89. The molecule has 1 aliphatic rings. The predicted octanol–water partition coefficient (Wildman–Crippen LogP) is 1.98. The van der Waals surface area contributed by atoms with Gasteiger partial charge < -0.3 is 5.32 Å². The third-order valence-corrected chi connectivity index (χ3v) is 4.92. The van der Waals surface area contributed by atoms with Crippen molar-refractivity contribution in [3.05, 3.63) is 29.8 Å². The summed E-state index contributed by atoms with van der Waals surface area (Å²) in [7, 11) is -4.17. The largest absolute Gasteiger partial charge is 0.417 e. The van der Waals surface area contributed by atoms with E-state index in [0.717, 1.165) is 31.5 Å². The van der Waals surface area contributed by atoms with Crippen LogP contribution in [0.4, 0.5) is 13.2 Å². The van der Waals surface area contributed by atoms with E-state index in [1.54, 1.807) is 0 Å². The number of nitrogens with one attached hydrogen (secondary N) is 2. The topological polar surface area (TPSA) is 58.2 Å². The molecule has 0 aromatic heterocycles. The van der Waals surface area contributed by atoms with Gasteiger partial charge in [-0.25, -0.2) is 13.1 Å². The van der Waals surface area contributed by atoms with E-state index in [1.807, 2.05) is 0 Å². The van der Waals surface area contributed by atoms with Crippen molar-refractivity contribution in [2.24, 2.45) is 5.92 Å². The van der Waals surface area contributed by atoms with E-state index in [1.165, 1.54) is 12.1 Å². The molecule has 0 aliphatic carbocycles. The van der Waals surface area contributed by atoms with Crippen molar-refractivity contribution in [1.29, 1.82) is 0 Å². The molecule has 1 aromatic rings. The third-order valence-electron chi connectivity index (χ3n) is 3.44. The van der Waals surface area contributed by atoms with Gasteiger partial charge in [0.2, 0.25) is 10.0 Å². The van der Waals surface area contributed by atoms with Gasteiger partial charge in [-0.15, -0.1) is 0 Å². The van der Waals surface area contributed by atoms with Gasteiger partial charge in [0.1, 0.15) is 0 Å². The van der Waals surface area contributed by atoms with Crippen LogP contribution in [0.2, 0.25) is 0 Å². The summed E-state index contributed by atoms with van der Waals surface area (Å²) in [6.45, 7) is 1.70. The van der Waals surface area contributed by atoms with E-state index in [4.69, 9.17) is 0 Å². The molecule has 0 bridgehead atoms. The molecule has 1 saturated heterocycles. The maximum absolute atomic E-state index is 12.9. The van der Waals surface area contributed by atoms with Crippen molar-refractivity contribution < 1.29 is 21.6 Å². The molecule has 0 amide bonds. The molecule has 0 saturated carbocycles. The number of sulfonamides is 1. The molecule has 1 aliphatic heterocycles. The fourth-order valence-electron chi connectivity index (χ4n) is 2.34. The second-order valence-electron chi connectivity index (χ2n) is 5.06. The van der Waals surface area contributed by atoms with Crippen molar-refractivity contribution in [3.8, 4) is 0 Å². The first kappa shape index (κ1) is 16.3. The second kappa shape index (κ2) is 6.33. The Balaban J connectivity index is 2.16. The van der Waals surface area contributed by atoms with Crippen LogP contribution < -0.4 is 10.0 Å². The van der Waals surface area contributed by atoms with Crippen LogP contribution in [0.15, 0.2) is 29.2 Å². The van der Waals surface area contributed by atoms with Crippen molar-refractivity contribution in [1.82, 2.24) is 10.0 Å². The van der Waals surface area contributed by atoms with E-state index in [0.29, 0.717) is 6.54 Å². The van der Waals surface area contributed by atoms with Gasteiger partial charge in [-0.1, -0.05) is 12.1 Å². The van der Waals surface area contributed by atoms with Gasteiger partial charge in [0.15, 0.2) is 0 Å². The lowest BCUT2D eigenvalue weighted by molar-refractivity contribution is -0.139. The Hall–Kier alpha value is -1.12. The normalized spacial score (nSPS) is 20.4. The second-order valence-corrected chi connectivity index (χ2v) is 6.79. The Labute approximate surface area is 121 Å². The zero-order valence-electron chi connectivity index (χ0n) is 11.3. The zero-order valence-corrected chi connectivity index (χ0v) is 12.1. The summed E-state index contributed by atoms with van der Waals surface area (Å²) in [4.78, 5) is -0.721. The number of hydrogen-bond acceptors (Lipinski definition) is 3. The summed E-state index contributed by atoms with van der Waals surface area (Å²) < 4.78 is 65.1. The quantitative estimate of drug-likeness (QED) is 0.891. The summed E-state index contributed by atoms with van der Waals surface area (Å²) in [6.07, 6.45) is -2.90. The lowest BCUT2D eigenvalue weighted by Crippen LogP contribution is -2.38. The maximum Gasteiger partial charge on any atom is 0.417 e. The number of benzene rings is 1. The van der Waals surface area contributed by atoms with Gasteiger partial charge >= 0.3 is 6.18 Å². The fraction of sp³-hybridized carbons (Fsp3) is 0.538. The van der Waals surface area contributed by atoms with Crippen molar-refractivity contribution in [2.45, 2.75) is 23.9 Å². The van der Waals surface area contributed by atoms with Gasteiger partial charge in [-0.2, -0.15) is 13.2 Å². The van der Waals surface area contributed by atoms with Gasteiger partial charge in [0, 0.05) is 6.54 Å². The van der Waals surface area contributed by atoms with Crippen LogP contribution in [0.3, 0.4) is 0 Å². The Bertz CT molecular complexity index is 581. The number of hydrogen-bond donors (Lipinski definition) is 2. The average Bonchev–Trinajstić information content (AvgIpc) is 2.45. The van der Waals surface area contributed by atoms with Gasteiger partial charge in [-0.05, 0) is 44.0 Å². The van der Waals surface area contributed by atoms with Crippen LogP contribution in [-0.4, -0.2) is 28.1 Å². The van der Waals surface area contributed by atoms with Gasteiger partial charge in [-0.3, -0.25) is 0 Å². The smallest absolute Gasteiger partial charge is 0.316 e. The third kappa shape index (κ3) is 4.18. The van der Waals surface area contributed by atoms with Crippen LogP contribution >= 0.6 is 0 Å². The minimum Gasteiger partial charge on any atom is -0.316 e. The van der Waals surface area contributed by atoms with E-state index in [9.17, 15) is 21.6 Å². The first-order valence-electron chi connectivity index (χ1n) is 6.67. The molecule has 2 rings (SSSR count). The van der Waals surface area contributed by atoms with Crippen LogP contribution in [0.1, 0.15) is 18.4 Å². The van der Waals surface area contributed by atoms with Gasteiger partial charge in [0.05, 0.1) is 10.5 Å². The highest BCUT2D eigenvalue weighted by Gasteiger charge is 2.36. The van der Waals surface area contributed by atoms with Crippen LogP contribution in [0.25, 0.3) is 0 Å². The standard InChI is InChI=1S/C13H17F3N2O2S/c14-13(15,16)11-5-1-2-6-12(11)21(19,20)18-9-10-4-3-7-17-8-10/h1-2,5-6,10,17-18H,3-4,7-9H2/t10-/m1/s1. The molecule has 1 fully saturated rings. The summed E-state index contributed by atoms with van der Waals surface area (Å²) >= 11 is 0. The van der Waals surface area contributed by atoms with Crippen molar-refractivity contribution in [2.75, 3.05) is 19.6 Å². The molecule has 1 atom stereocenters. The molecule has 1 aromatic carbocycles. The monoisotopic (exact) mass is 322 g/mol. The first-order chi connectivity index (χ1) is 9.81. The van der Waals surface area contributed by atoms with Crippen molar-refractivity contribution in [3.63, 3.8) is 0 Å². The Morgan fingerprint density at radius 1 is 1.29 bits per heavy atom. The Morgan fingerprint density at radius 2 is 2.00 bits per heavy atom. The highest BCUT2D eigenvalue weighted by atomic mass is 32.2. The molecular weight excluding hydrogens is 305 g/mol. The number of piperidine rings is 1. The molecule has 0 spiro atoms.